The zero-order chi connectivity index (χ0) is 31.8. The summed E-state index contributed by atoms with van der Waals surface area (Å²) in [6.07, 6.45) is 19.4. The molecule has 246 valence electrons. The van der Waals surface area contributed by atoms with E-state index in [1.165, 1.54) is 48.8 Å². The van der Waals surface area contributed by atoms with Crippen molar-refractivity contribution in [1.82, 2.24) is 4.90 Å². The second-order valence-electron chi connectivity index (χ2n) is 15.2. The first kappa shape index (κ1) is 33.8. The molecule has 0 aromatic heterocycles. The number of aliphatic hydroxyl groups excluding tert-OH is 1. The summed E-state index contributed by atoms with van der Waals surface area (Å²) in [6.45, 7) is 8.15. The molecule has 2 saturated carbocycles. The van der Waals surface area contributed by atoms with Gasteiger partial charge in [0.1, 0.15) is 12.4 Å². The molecule has 1 amide bonds. The third-order valence-electron chi connectivity index (χ3n) is 11.5. The lowest BCUT2D eigenvalue weighted by atomic mass is 9.52. The van der Waals surface area contributed by atoms with Crippen molar-refractivity contribution in [3.63, 3.8) is 0 Å². The van der Waals surface area contributed by atoms with Crippen LogP contribution in [0.1, 0.15) is 120 Å². The minimum atomic E-state index is -0.151. The Labute approximate surface area is 273 Å². The van der Waals surface area contributed by atoms with E-state index in [9.17, 15) is 9.90 Å². The molecule has 4 heteroatoms. The highest BCUT2D eigenvalue weighted by molar-refractivity contribution is 5.75. The Kier molecular flexibility index (Phi) is 11.9. The second kappa shape index (κ2) is 15.8. The number of aliphatic hydroxyl groups is 1. The zero-order valence-electron chi connectivity index (χ0n) is 28.6. The number of hydrogen-bond acceptors (Lipinski definition) is 3. The summed E-state index contributed by atoms with van der Waals surface area (Å²) in [5.41, 5.74) is 4.26. The number of ether oxygens (including phenoxy) is 1. The summed E-state index contributed by atoms with van der Waals surface area (Å²) in [4.78, 5) is 14.2. The van der Waals surface area contributed by atoms with Gasteiger partial charge in [-0.15, -0.1) is 0 Å². The van der Waals surface area contributed by atoms with E-state index < -0.39 is 0 Å². The summed E-state index contributed by atoms with van der Waals surface area (Å²) >= 11 is 0. The predicted octanol–water partition coefficient (Wildman–Crippen LogP) is 9.50. The number of benzene rings is 2. The third kappa shape index (κ3) is 8.42. The quantitative estimate of drug-likeness (QED) is 0.161. The molecule has 0 unspecified atom stereocenters. The molecule has 2 aromatic carbocycles. The van der Waals surface area contributed by atoms with Crippen LogP contribution in [-0.4, -0.2) is 35.6 Å². The van der Waals surface area contributed by atoms with Crippen LogP contribution in [0.4, 0.5) is 0 Å². The van der Waals surface area contributed by atoms with Gasteiger partial charge in [-0.05, 0) is 115 Å². The maximum absolute atomic E-state index is 12.3. The summed E-state index contributed by atoms with van der Waals surface area (Å²) in [7, 11) is 1.94. The van der Waals surface area contributed by atoms with Crippen LogP contribution in [0.15, 0.2) is 60.7 Å². The van der Waals surface area contributed by atoms with E-state index in [0.717, 1.165) is 57.2 Å². The number of carbonyl (C=O) groups is 1. The minimum Gasteiger partial charge on any atom is -0.489 e. The Balaban J connectivity index is 1.14. The largest absolute Gasteiger partial charge is 0.489 e. The van der Waals surface area contributed by atoms with Gasteiger partial charge in [-0.1, -0.05) is 95.0 Å². The van der Waals surface area contributed by atoms with Gasteiger partial charge in [0.05, 0.1) is 6.10 Å². The van der Waals surface area contributed by atoms with Gasteiger partial charge in [0.2, 0.25) is 5.91 Å². The van der Waals surface area contributed by atoms with E-state index in [4.69, 9.17) is 4.74 Å². The van der Waals surface area contributed by atoms with E-state index >= 15 is 0 Å². The van der Waals surface area contributed by atoms with Gasteiger partial charge in [-0.25, -0.2) is 0 Å². The van der Waals surface area contributed by atoms with E-state index in [-0.39, 0.29) is 11.5 Å². The molecule has 0 saturated heterocycles. The lowest BCUT2D eigenvalue weighted by Crippen LogP contribution is -2.46. The Morgan fingerprint density at radius 2 is 1.78 bits per heavy atom. The van der Waals surface area contributed by atoms with Gasteiger partial charge in [0, 0.05) is 20.0 Å². The van der Waals surface area contributed by atoms with Crippen molar-refractivity contribution in [3.8, 4) is 5.75 Å². The first-order valence-corrected chi connectivity index (χ1v) is 18.1. The van der Waals surface area contributed by atoms with Crippen molar-refractivity contribution >= 4 is 5.91 Å². The number of amides is 1. The summed E-state index contributed by atoms with van der Waals surface area (Å²) in [6, 6.07) is 17.3. The number of unbranched alkanes of at least 4 members (excludes halogenated alkanes) is 6. The molecule has 0 radical (unpaired) electrons. The van der Waals surface area contributed by atoms with Crippen molar-refractivity contribution in [2.24, 2.45) is 29.1 Å². The van der Waals surface area contributed by atoms with Gasteiger partial charge >= 0.3 is 0 Å². The van der Waals surface area contributed by atoms with E-state index in [0.29, 0.717) is 48.5 Å². The molecule has 5 rings (SSSR count). The monoisotopic (exact) mass is 613 g/mol. The molecule has 4 nitrogen and oxygen atoms in total. The normalized spacial score (nSPS) is 27.3. The topological polar surface area (TPSA) is 49.8 Å². The van der Waals surface area contributed by atoms with Crippen LogP contribution >= 0.6 is 0 Å². The Hall–Kier alpha value is -2.59. The lowest BCUT2D eigenvalue weighted by Gasteiger charge is -2.52. The van der Waals surface area contributed by atoms with Crippen molar-refractivity contribution < 1.29 is 14.6 Å². The Morgan fingerprint density at radius 3 is 2.56 bits per heavy atom. The van der Waals surface area contributed by atoms with Gasteiger partial charge in [0.15, 0.2) is 0 Å². The van der Waals surface area contributed by atoms with E-state index in [1.54, 1.807) is 0 Å². The molecule has 2 fully saturated rings. The highest BCUT2D eigenvalue weighted by Crippen LogP contribution is 2.62. The third-order valence-corrected chi connectivity index (χ3v) is 11.5. The van der Waals surface area contributed by atoms with E-state index in [2.05, 4.69) is 75.4 Å². The van der Waals surface area contributed by atoms with Crippen LogP contribution in [0.25, 0.3) is 0 Å². The standard InChI is InChI=1S/C41H59NO3/c1-30(2)28-42(4)39(44)19-15-10-8-6-5-7-9-14-18-32-26-33-27-34(45-29-31-16-12-11-13-17-31)20-21-35(33)36-24-25-41(3)37(40(32)36)22-23-38(41)43/h11-14,16-18,20-21,27,30,32,36-38,40,43H,5-10,15,19,22-26,28-29H2,1-4H3/t32-,36-,37+,38+,40-,41+/m1/s1. The Bertz CT molecular complexity index is 1250. The number of fused-ring (bicyclic) bond motifs is 5. The zero-order valence-corrected chi connectivity index (χ0v) is 28.6. The average Bonchev–Trinajstić information content (AvgIpc) is 3.34. The highest BCUT2D eigenvalue weighted by Gasteiger charge is 2.56. The minimum absolute atomic E-state index is 0.0674. The number of hydrogen-bond donors (Lipinski definition) is 1. The second-order valence-corrected chi connectivity index (χ2v) is 15.2. The number of carbonyl (C=O) groups excluding carboxylic acids is 1. The maximum Gasteiger partial charge on any atom is 0.222 e. The molecular formula is C41H59NO3. The van der Waals surface area contributed by atoms with Crippen molar-refractivity contribution in [2.45, 2.75) is 123 Å². The summed E-state index contributed by atoms with van der Waals surface area (Å²) in [5.74, 6) is 4.10. The number of allylic oxidation sites excluding steroid dienone is 2. The van der Waals surface area contributed by atoms with Crippen molar-refractivity contribution in [2.75, 3.05) is 13.6 Å². The number of nitrogens with zero attached hydrogens (tertiary/aromatic N) is 1. The van der Waals surface area contributed by atoms with Gasteiger partial charge in [0.25, 0.3) is 0 Å². The highest BCUT2D eigenvalue weighted by atomic mass is 16.5. The van der Waals surface area contributed by atoms with Crippen LogP contribution in [0, 0.1) is 29.1 Å². The first-order chi connectivity index (χ1) is 21.8. The van der Waals surface area contributed by atoms with Gasteiger partial charge < -0.3 is 14.7 Å². The SMILES string of the molecule is CC(C)CN(C)C(=O)CCCCCCCCC=C[C@@H]1Cc2cc(OCc3ccccc3)ccc2[C@H]2CC[C@]3(C)[C@@H](O)CC[C@H]3[C@H]12. The van der Waals surface area contributed by atoms with E-state index in [1.807, 2.05) is 18.0 Å². The molecule has 2 aromatic rings. The van der Waals surface area contributed by atoms with Crippen molar-refractivity contribution in [1.29, 1.82) is 0 Å². The number of rotatable bonds is 15. The Morgan fingerprint density at radius 1 is 1.02 bits per heavy atom. The van der Waals surface area contributed by atoms with Gasteiger partial charge in [-0.3, -0.25) is 4.79 Å². The fraction of sp³-hybridized carbons (Fsp3) is 0.634. The smallest absolute Gasteiger partial charge is 0.222 e. The molecule has 0 heterocycles. The molecule has 0 aliphatic heterocycles. The molecule has 6 atom stereocenters. The van der Waals surface area contributed by atoms with Crippen LogP contribution in [0.3, 0.4) is 0 Å². The van der Waals surface area contributed by atoms with Gasteiger partial charge in [-0.2, -0.15) is 0 Å². The average molecular weight is 614 g/mol. The predicted molar refractivity (Wildman–Crippen MR) is 185 cm³/mol. The van der Waals surface area contributed by atoms with Crippen molar-refractivity contribution in [3.05, 3.63) is 77.4 Å². The molecule has 3 aliphatic carbocycles. The van der Waals surface area contributed by atoms with Crippen LogP contribution in [0.2, 0.25) is 0 Å². The molecular weight excluding hydrogens is 554 g/mol. The lowest BCUT2D eigenvalue weighted by molar-refractivity contribution is -0.130. The summed E-state index contributed by atoms with van der Waals surface area (Å²) in [5, 5.41) is 11.0. The molecule has 0 bridgehead atoms. The maximum atomic E-state index is 12.3. The molecule has 0 spiro atoms. The summed E-state index contributed by atoms with van der Waals surface area (Å²) < 4.78 is 6.26. The first-order valence-electron chi connectivity index (χ1n) is 18.1. The fourth-order valence-corrected chi connectivity index (χ4v) is 9.02. The van der Waals surface area contributed by atoms with Crippen LogP contribution in [-0.2, 0) is 17.8 Å². The van der Waals surface area contributed by atoms with Crippen LogP contribution < -0.4 is 4.74 Å². The fourth-order valence-electron chi connectivity index (χ4n) is 9.02. The molecule has 3 aliphatic rings. The van der Waals surface area contributed by atoms with Crippen LogP contribution in [0.5, 0.6) is 5.75 Å². The molecule has 1 N–H and O–H groups in total. The molecule has 45 heavy (non-hydrogen) atoms.